The first-order valence-electron chi connectivity index (χ1n) is 5.78. The van der Waals surface area contributed by atoms with Gasteiger partial charge in [-0.3, -0.25) is 0 Å². The topological polar surface area (TPSA) is 38.9 Å². The Morgan fingerprint density at radius 3 is 2.89 bits per heavy atom. The molecule has 1 aromatic heterocycles. The van der Waals surface area contributed by atoms with Gasteiger partial charge in [0.25, 0.3) is 0 Å². The molecule has 0 fully saturated rings. The second-order valence-electron chi connectivity index (χ2n) is 4.09. The molecule has 0 aliphatic carbocycles. The van der Waals surface area contributed by atoms with Gasteiger partial charge in [0, 0.05) is 16.0 Å². The summed E-state index contributed by atoms with van der Waals surface area (Å²) in [5.41, 5.74) is 7.75. The zero-order chi connectivity index (χ0) is 13.1. The summed E-state index contributed by atoms with van der Waals surface area (Å²) < 4.78 is 0. The van der Waals surface area contributed by atoms with Crippen molar-refractivity contribution in [2.24, 2.45) is 5.73 Å². The van der Waals surface area contributed by atoms with Crippen LogP contribution in [-0.4, -0.2) is 4.98 Å². The van der Waals surface area contributed by atoms with Gasteiger partial charge in [-0.05, 0) is 24.6 Å². The summed E-state index contributed by atoms with van der Waals surface area (Å²) in [5, 5.41) is 4.23. The van der Waals surface area contributed by atoms with Crippen LogP contribution in [0, 0.1) is 0 Å². The van der Waals surface area contributed by atoms with Gasteiger partial charge < -0.3 is 5.73 Å². The first-order chi connectivity index (χ1) is 8.61. The van der Waals surface area contributed by atoms with Gasteiger partial charge in [-0.1, -0.05) is 36.5 Å². The van der Waals surface area contributed by atoms with Crippen LogP contribution in [-0.2, 0) is 0 Å². The summed E-state index contributed by atoms with van der Waals surface area (Å²) in [4.78, 5) is 4.55. The molecule has 2 rings (SSSR count). The molecule has 0 amide bonds. The summed E-state index contributed by atoms with van der Waals surface area (Å²) in [7, 11) is 0. The predicted molar refractivity (Wildman–Crippen MR) is 79.4 cm³/mol. The van der Waals surface area contributed by atoms with E-state index in [0.717, 1.165) is 29.1 Å². The molecular weight excluding hydrogens is 287 g/mol. The van der Waals surface area contributed by atoms with Gasteiger partial charge >= 0.3 is 0 Å². The third-order valence-electron chi connectivity index (χ3n) is 2.64. The summed E-state index contributed by atoms with van der Waals surface area (Å²) in [6, 6.07) is 5.38. The average Bonchev–Trinajstić information content (AvgIpc) is 2.82. The Kier molecular flexibility index (Phi) is 4.62. The first-order valence-corrected chi connectivity index (χ1v) is 7.41. The SMILES string of the molecule is CCCC(N)c1nc(-c2cc(Cl)ccc2Cl)cs1. The molecule has 1 heterocycles. The quantitative estimate of drug-likeness (QED) is 0.870. The highest BCUT2D eigenvalue weighted by atomic mass is 35.5. The summed E-state index contributed by atoms with van der Waals surface area (Å²) in [6.07, 6.45) is 1.99. The van der Waals surface area contributed by atoms with E-state index >= 15 is 0 Å². The Bertz CT molecular complexity index is 540. The van der Waals surface area contributed by atoms with Crippen molar-refractivity contribution < 1.29 is 0 Å². The molecule has 18 heavy (non-hydrogen) atoms. The molecule has 0 saturated heterocycles. The summed E-state index contributed by atoms with van der Waals surface area (Å²) in [5.74, 6) is 0. The number of thiazole rings is 1. The summed E-state index contributed by atoms with van der Waals surface area (Å²) >= 11 is 13.7. The molecule has 0 radical (unpaired) electrons. The zero-order valence-electron chi connectivity index (χ0n) is 9.99. The van der Waals surface area contributed by atoms with Crippen LogP contribution in [0.5, 0.6) is 0 Å². The molecule has 0 spiro atoms. The number of halogens is 2. The van der Waals surface area contributed by atoms with E-state index < -0.39 is 0 Å². The van der Waals surface area contributed by atoms with E-state index in [2.05, 4.69) is 11.9 Å². The number of aromatic nitrogens is 1. The minimum atomic E-state index is 0.00621. The molecule has 0 aliphatic rings. The van der Waals surface area contributed by atoms with Gasteiger partial charge in [0.2, 0.25) is 0 Å². The molecule has 2 aromatic rings. The van der Waals surface area contributed by atoms with E-state index in [1.807, 2.05) is 11.4 Å². The highest BCUT2D eigenvalue weighted by Crippen LogP contribution is 2.32. The van der Waals surface area contributed by atoms with Crippen molar-refractivity contribution in [1.82, 2.24) is 4.98 Å². The zero-order valence-corrected chi connectivity index (χ0v) is 12.3. The number of hydrogen-bond acceptors (Lipinski definition) is 3. The molecule has 1 aromatic carbocycles. The van der Waals surface area contributed by atoms with Gasteiger partial charge in [0.05, 0.1) is 16.8 Å². The van der Waals surface area contributed by atoms with E-state index in [-0.39, 0.29) is 6.04 Å². The van der Waals surface area contributed by atoms with Gasteiger partial charge in [0.1, 0.15) is 5.01 Å². The largest absolute Gasteiger partial charge is 0.322 e. The molecule has 96 valence electrons. The molecule has 2 N–H and O–H groups in total. The second kappa shape index (κ2) is 6.02. The minimum absolute atomic E-state index is 0.00621. The van der Waals surface area contributed by atoms with Crippen molar-refractivity contribution >= 4 is 34.5 Å². The highest BCUT2D eigenvalue weighted by Gasteiger charge is 2.13. The molecule has 5 heteroatoms. The number of hydrogen-bond donors (Lipinski definition) is 1. The van der Waals surface area contributed by atoms with Crippen LogP contribution in [0.15, 0.2) is 23.6 Å². The van der Waals surface area contributed by atoms with E-state index in [1.54, 1.807) is 23.5 Å². The van der Waals surface area contributed by atoms with E-state index in [9.17, 15) is 0 Å². The molecule has 0 bridgehead atoms. The lowest BCUT2D eigenvalue weighted by atomic mass is 10.1. The Morgan fingerprint density at radius 1 is 1.39 bits per heavy atom. The number of nitrogens with zero attached hydrogens (tertiary/aromatic N) is 1. The van der Waals surface area contributed by atoms with Gasteiger partial charge in [-0.2, -0.15) is 0 Å². The maximum atomic E-state index is 6.16. The Morgan fingerprint density at radius 2 is 2.17 bits per heavy atom. The Hall–Kier alpha value is -0.610. The molecule has 1 unspecified atom stereocenters. The Balaban J connectivity index is 2.32. The van der Waals surface area contributed by atoms with Gasteiger partial charge in [-0.25, -0.2) is 4.98 Å². The van der Waals surface area contributed by atoms with Crippen LogP contribution in [0.25, 0.3) is 11.3 Å². The molecular formula is C13H14Cl2N2S. The van der Waals surface area contributed by atoms with Crippen molar-refractivity contribution in [2.75, 3.05) is 0 Å². The number of nitrogens with two attached hydrogens (primary N) is 1. The van der Waals surface area contributed by atoms with Crippen molar-refractivity contribution in [3.63, 3.8) is 0 Å². The van der Waals surface area contributed by atoms with E-state index in [1.165, 1.54) is 0 Å². The fraction of sp³-hybridized carbons (Fsp3) is 0.308. The summed E-state index contributed by atoms with van der Waals surface area (Å²) in [6.45, 7) is 2.11. The average molecular weight is 301 g/mol. The predicted octanol–water partition coefficient (Wildman–Crippen LogP) is 4.92. The van der Waals surface area contributed by atoms with Gasteiger partial charge in [0.15, 0.2) is 0 Å². The highest BCUT2D eigenvalue weighted by molar-refractivity contribution is 7.10. The fourth-order valence-electron chi connectivity index (χ4n) is 1.71. The maximum Gasteiger partial charge on any atom is 0.110 e. The standard InChI is InChI=1S/C13H14Cl2N2S/c1-2-3-11(16)13-17-12(7-18-13)9-6-8(14)4-5-10(9)15/h4-7,11H,2-3,16H2,1H3. The third-order valence-corrected chi connectivity index (χ3v) is 4.18. The van der Waals surface area contributed by atoms with Crippen molar-refractivity contribution in [3.8, 4) is 11.3 Å². The van der Waals surface area contributed by atoms with E-state index in [4.69, 9.17) is 28.9 Å². The van der Waals surface area contributed by atoms with Crippen LogP contribution in [0.1, 0.15) is 30.8 Å². The van der Waals surface area contributed by atoms with Crippen LogP contribution < -0.4 is 5.73 Å². The number of rotatable bonds is 4. The first kappa shape index (κ1) is 13.8. The monoisotopic (exact) mass is 300 g/mol. The lowest BCUT2D eigenvalue weighted by Gasteiger charge is -2.05. The Labute approximate surface area is 121 Å². The normalized spacial score (nSPS) is 12.7. The molecule has 2 nitrogen and oxygen atoms in total. The van der Waals surface area contributed by atoms with Crippen LogP contribution in [0.2, 0.25) is 10.0 Å². The fourth-order valence-corrected chi connectivity index (χ4v) is 2.95. The molecule has 0 saturated carbocycles. The van der Waals surface area contributed by atoms with E-state index in [0.29, 0.717) is 10.0 Å². The van der Waals surface area contributed by atoms with Crippen molar-refractivity contribution in [2.45, 2.75) is 25.8 Å². The molecule has 0 aliphatic heterocycles. The minimum Gasteiger partial charge on any atom is -0.322 e. The van der Waals surface area contributed by atoms with Crippen LogP contribution in [0.3, 0.4) is 0 Å². The third kappa shape index (κ3) is 3.04. The lowest BCUT2D eigenvalue weighted by Crippen LogP contribution is -2.09. The van der Waals surface area contributed by atoms with Crippen LogP contribution >= 0.6 is 34.5 Å². The molecule has 1 atom stereocenters. The van der Waals surface area contributed by atoms with Crippen molar-refractivity contribution in [1.29, 1.82) is 0 Å². The second-order valence-corrected chi connectivity index (χ2v) is 5.82. The lowest BCUT2D eigenvalue weighted by molar-refractivity contribution is 0.635. The maximum absolute atomic E-state index is 6.16. The van der Waals surface area contributed by atoms with Gasteiger partial charge in [-0.15, -0.1) is 11.3 Å². The van der Waals surface area contributed by atoms with Crippen LogP contribution in [0.4, 0.5) is 0 Å². The van der Waals surface area contributed by atoms with Crippen molar-refractivity contribution in [3.05, 3.63) is 38.6 Å². The smallest absolute Gasteiger partial charge is 0.110 e. The number of benzene rings is 1.